The number of carbonyl (C=O) groups excluding carboxylic acids is 1. The summed E-state index contributed by atoms with van der Waals surface area (Å²) in [7, 11) is 1.81. The van der Waals surface area contributed by atoms with E-state index < -0.39 is 11.6 Å². The molecule has 1 atom stereocenters. The molecule has 7 heteroatoms. The average molecular weight is 299 g/mol. The van der Waals surface area contributed by atoms with Gasteiger partial charge in [0.15, 0.2) is 11.6 Å². The van der Waals surface area contributed by atoms with E-state index in [2.05, 4.69) is 10.6 Å². The van der Waals surface area contributed by atoms with Gasteiger partial charge in [0.1, 0.15) is 0 Å². The highest BCUT2D eigenvalue weighted by molar-refractivity contribution is 5.92. The summed E-state index contributed by atoms with van der Waals surface area (Å²) in [5.74, 6) is -2.21. The van der Waals surface area contributed by atoms with Gasteiger partial charge in [0.2, 0.25) is 5.91 Å². The van der Waals surface area contributed by atoms with Crippen molar-refractivity contribution in [3.8, 4) is 0 Å². The van der Waals surface area contributed by atoms with Crippen LogP contribution in [0.2, 0.25) is 0 Å². The molecule has 1 heterocycles. The first-order valence-electron chi connectivity index (χ1n) is 6.80. The Bertz CT molecular complexity index is 493. The fourth-order valence-electron chi connectivity index (χ4n) is 2.17. The molecule has 116 valence electrons. The summed E-state index contributed by atoms with van der Waals surface area (Å²) in [6, 6.07) is 3.27. The average Bonchev–Trinajstić information content (AvgIpc) is 2.43. The van der Waals surface area contributed by atoms with Crippen LogP contribution in [0, 0.1) is 11.6 Å². The summed E-state index contributed by atoms with van der Waals surface area (Å²) < 4.78 is 31.4. The van der Waals surface area contributed by atoms with Gasteiger partial charge in [-0.1, -0.05) is 0 Å². The minimum absolute atomic E-state index is 0.0554. The van der Waals surface area contributed by atoms with E-state index in [4.69, 9.17) is 4.74 Å². The van der Waals surface area contributed by atoms with E-state index in [0.717, 1.165) is 25.2 Å². The minimum Gasteiger partial charge on any atom is -0.374 e. The number of rotatable bonds is 5. The maximum atomic E-state index is 13.0. The van der Waals surface area contributed by atoms with Crippen LogP contribution in [0.5, 0.6) is 0 Å². The third-order valence-corrected chi connectivity index (χ3v) is 3.14. The lowest BCUT2D eigenvalue weighted by Crippen LogP contribution is -2.45. The highest BCUT2D eigenvalue weighted by atomic mass is 19.2. The molecule has 0 aromatic heterocycles. The standard InChI is InChI=1S/C14H19F2N3O2/c1-19(8-11-7-17-4-5-21-11)9-14(20)18-10-2-3-12(15)13(16)6-10/h2-3,6,11,17H,4-5,7-9H2,1H3,(H,18,20). The molecule has 0 saturated carbocycles. The Morgan fingerprint density at radius 2 is 2.29 bits per heavy atom. The number of nitrogens with zero attached hydrogens (tertiary/aromatic N) is 1. The Morgan fingerprint density at radius 1 is 1.48 bits per heavy atom. The van der Waals surface area contributed by atoms with Gasteiger partial charge >= 0.3 is 0 Å². The van der Waals surface area contributed by atoms with Gasteiger partial charge in [0, 0.05) is 31.4 Å². The number of hydrogen-bond donors (Lipinski definition) is 2. The van der Waals surface area contributed by atoms with Gasteiger partial charge in [-0.3, -0.25) is 9.69 Å². The second kappa shape index (κ2) is 7.44. The van der Waals surface area contributed by atoms with Crippen molar-refractivity contribution < 1.29 is 18.3 Å². The third-order valence-electron chi connectivity index (χ3n) is 3.14. The molecule has 1 saturated heterocycles. The van der Waals surface area contributed by atoms with Gasteiger partial charge in [-0.15, -0.1) is 0 Å². The Labute approximate surface area is 122 Å². The van der Waals surface area contributed by atoms with E-state index >= 15 is 0 Å². The monoisotopic (exact) mass is 299 g/mol. The first kappa shape index (κ1) is 15.8. The maximum Gasteiger partial charge on any atom is 0.238 e. The van der Waals surface area contributed by atoms with E-state index in [1.54, 1.807) is 0 Å². The molecule has 0 bridgehead atoms. The van der Waals surface area contributed by atoms with Crippen molar-refractivity contribution >= 4 is 11.6 Å². The Hall–Kier alpha value is -1.57. The van der Waals surface area contributed by atoms with Gasteiger partial charge in [0.05, 0.1) is 19.3 Å². The third kappa shape index (κ3) is 5.04. The molecule has 1 amide bonds. The van der Waals surface area contributed by atoms with E-state index in [1.165, 1.54) is 6.07 Å². The number of amides is 1. The van der Waals surface area contributed by atoms with Crippen LogP contribution in [0.3, 0.4) is 0 Å². The number of likely N-dealkylation sites (N-methyl/N-ethyl adjacent to an activating group) is 1. The number of hydrogen-bond acceptors (Lipinski definition) is 4. The first-order valence-corrected chi connectivity index (χ1v) is 6.80. The molecule has 0 aliphatic carbocycles. The molecule has 0 radical (unpaired) electrons. The van der Waals surface area contributed by atoms with Crippen molar-refractivity contribution in [3.05, 3.63) is 29.8 Å². The zero-order chi connectivity index (χ0) is 15.2. The molecule has 1 aromatic carbocycles. The van der Waals surface area contributed by atoms with Crippen LogP contribution < -0.4 is 10.6 Å². The summed E-state index contributed by atoms with van der Waals surface area (Å²) in [6.07, 6.45) is 0.0554. The predicted molar refractivity (Wildman–Crippen MR) is 75.1 cm³/mol. The Morgan fingerprint density at radius 3 is 2.95 bits per heavy atom. The Balaban J connectivity index is 1.78. The molecular weight excluding hydrogens is 280 g/mol. The summed E-state index contributed by atoms with van der Waals surface area (Å²) in [4.78, 5) is 13.7. The topological polar surface area (TPSA) is 53.6 Å². The molecule has 2 N–H and O–H groups in total. The van der Waals surface area contributed by atoms with Crippen LogP contribution in [0.15, 0.2) is 18.2 Å². The molecule has 1 aliphatic heterocycles. The summed E-state index contributed by atoms with van der Waals surface area (Å²) in [6.45, 7) is 3.04. The van der Waals surface area contributed by atoms with Crippen molar-refractivity contribution in [1.82, 2.24) is 10.2 Å². The van der Waals surface area contributed by atoms with Crippen LogP contribution >= 0.6 is 0 Å². The Kier molecular flexibility index (Phi) is 5.60. The number of morpholine rings is 1. The molecule has 21 heavy (non-hydrogen) atoms. The van der Waals surface area contributed by atoms with Gasteiger partial charge in [0.25, 0.3) is 0 Å². The molecule has 2 rings (SSSR count). The number of halogens is 2. The molecule has 5 nitrogen and oxygen atoms in total. The van der Waals surface area contributed by atoms with Crippen LogP contribution in [-0.4, -0.2) is 56.7 Å². The van der Waals surface area contributed by atoms with E-state index in [0.29, 0.717) is 13.2 Å². The van der Waals surface area contributed by atoms with Crippen molar-refractivity contribution in [3.63, 3.8) is 0 Å². The lowest BCUT2D eigenvalue weighted by molar-refractivity contribution is -0.117. The summed E-state index contributed by atoms with van der Waals surface area (Å²) in [5.41, 5.74) is 0.239. The molecule has 1 aliphatic rings. The molecule has 1 unspecified atom stereocenters. The van der Waals surface area contributed by atoms with Crippen LogP contribution in [0.25, 0.3) is 0 Å². The van der Waals surface area contributed by atoms with Crippen molar-refractivity contribution in [2.45, 2.75) is 6.10 Å². The highest BCUT2D eigenvalue weighted by Gasteiger charge is 2.17. The second-order valence-corrected chi connectivity index (χ2v) is 5.07. The van der Waals surface area contributed by atoms with Crippen molar-refractivity contribution in [2.75, 3.05) is 45.2 Å². The van der Waals surface area contributed by atoms with Gasteiger partial charge in [-0.2, -0.15) is 0 Å². The molecule has 1 aromatic rings. The zero-order valence-corrected chi connectivity index (χ0v) is 11.9. The summed E-state index contributed by atoms with van der Waals surface area (Å²) in [5, 5.41) is 5.75. The van der Waals surface area contributed by atoms with Crippen LogP contribution in [0.4, 0.5) is 14.5 Å². The lowest BCUT2D eigenvalue weighted by Gasteiger charge is -2.27. The minimum atomic E-state index is -0.983. The van der Waals surface area contributed by atoms with E-state index in [-0.39, 0.29) is 24.2 Å². The predicted octanol–water partition coefficient (Wildman–Crippen LogP) is 0.823. The highest BCUT2D eigenvalue weighted by Crippen LogP contribution is 2.13. The van der Waals surface area contributed by atoms with Gasteiger partial charge in [-0.05, 0) is 19.2 Å². The zero-order valence-electron chi connectivity index (χ0n) is 11.9. The number of anilines is 1. The smallest absolute Gasteiger partial charge is 0.238 e. The number of benzene rings is 1. The van der Waals surface area contributed by atoms with Crippen LogP contribution in [-0.2, 0) is 9.53 Å². The summed E-state index contributed by atoms with van der Waals surface area (Å²) >= 11 is 0. The number of nitrogens with one attached hydrogen (secondary N) is 2. The second-order valence-electron chi connectivity index (χ2n) is 5.07. The molecule has 0 spiro atoms. The lowest BCUT2D eigenvalue weighted by atomic mass is 10.2. The van der Waals surface area contributed by atoms with Gasteiger partial charge in [-0.25, -0.2) is 8.78 Å². The maximum absolute atomic E-state index is 13.0. The first-order chi connectivity index (χ1) is 10.0. The van der Waals surface area contributed by atoms with Crippen molar-refractivity contribution in [2.24, 2.45) is 0 Å². The van der Waals surface area contributed by atoms with Crippen LogP contribution in [0.1, 0.15) is 0 Å². The quantitative estimate of drug-likeness (QED) is 0.845. The largest absolute Gasteiger partial charge is 0.374 e. The molecule has 1 fully saturated rings. The number of ether oxygens (including phenoxy) is 1. The normalized spacial score (nSPS) is 18.8. The SMILES string of the molecule is CN(CC(=O)Nc1ccc(F)c(F)c1)CC1CNCCO1. The fraction of sp³-hybridized carbons (Fsp3) is 0.500. The van der Waals surface area contributed by atoms with Gasteiger partial charge < -0.3 is 15.4 Å². The van der Waals surface area contributed by atoms with E-state index in [9.17, 15) is 13.6 Å². The van der Waals surface area contributed by atoms with E-state index in [1.807, 2.05) is 11.9 Å². The fourth-order valence-corrected chi connectivity index (χ4v) is 2.17. The number of carbonyl (C=O) groups is 1. The molecular formula is C14H19F2N3O2. The van der Waals surface area contributed by atoms with Crippen molar-refractivity contribution in [1.29, 1.82) is 0 Å².